The fourth-order valence-electron chi connectivity index (χ4n) is 4.19. The van der Waals surface area contributed by atoms with E-state index in [0.29, 0.717) is 35.8 Å². The number of hydrogen-bond donors (Lipinski definition) is 1. The highest BCUT2D eigenvalue weighted by molar-refractivity contribution is 5.90. The summed E-state index contributed by atoms with van der Waals surface area (Å²) in [6, 6.07) is 4.04. The highest BCUT2D eigenvalue weighted by Gasteiger charge is 2.38. The molecule has 5 heterocycles. The standard InChI is InChI=1S/C20H18FN7O2/c21-12-5-2-7-28-15(12)9-14(26-28)17-16-13(22-10-23-16)6-8-27(17)20(29)19-25-24-18(30-19)11-3-1-4-11/h2,5,7,9-11,17H,1,3-4,6,8H2,(H,22,23). The lowest BCUT2D eigenvalue weighted by molar-refractivity contribution is 0.0642. The van der Waals surface area contributed by atoms with Crippen molar-refractivity contribution in [2.75, 3.05) is 6.54 Å². The highest BCUT2D eigenvalue weighted by atomic mass is 19.1. The molecule has 10 heteroatoms. The van der Waals surface area contributed by atoms with Crippen molar-refractivity contribution in [3.05, 3.63) is 65.4 Å². The number of nitrogens with one attached hydrogen (secondary N) is 1. The van der Waals surface area contributed by atoms with Gasteiger partial charge in [-0.3, -0.25) is 4.79 Å². The summed E-state index contributed by atoms with van der Waals surface area (Å²) in [7, 11) is 0. The summed E-state index contributed by atoms with van der Waals surface area (Å²) in [6.07, 6.45) is 7.03. The van der Waals surface area contributed by atoms with E-state index in [9.17, 15) is 9.18 Å². The van der Waals surface area contributed by atoms with Crippen LogP contribution in [0.15, 0.2) is 35.1 Å². The zero-order chi connectivity index (χ0) is 20.2. The summed E-state index contributed by atoms with van der Waals surface area (Å²) in [5, 5.41) is 12.6. The first kappa shape index (κ1) is 17.3. The first-order valence-electron chi connectivity index (χ1n) is 9.99. The molecule has 1 unspecified atom stereocenters. The zero-order valence-electron chi connectivity index (χ0n) is 16.0. The van der Waals surface area contributed by atoms with Crippen LogP contribution in [-0.4, -0.2) is 47.1 Å². The lowest BCUT2D eigenvalue weighted by Gasteiger charge is -2.32. The molecular weight excluding hydrogens is 389 g/mol. The van der Waals surface area contributed by atoms with Gasteiger partial charge in [0.05, 0.1) is 17.7 Å². The number of carbonyl (C=O) groups excluding carboxylic acids is 1. The van der Waals surface area contributed by atoms with Crippen LogP contribution in [0.25, 0.3) is 5.52 Å². The largest absolute Gasteiger partial charge is 0.417 e. The number of aromatic nitrogens is 6. The van der Waals surface area contributed by atoms with Crippen molar-refractivity contribution in [3.63, 3.8) is 0 Å². The molecule has 1 N–H and O–H groups in total. The molecule has 6 rings (SSSR count). The van der Waals surface area contributed by atoms with Gasteiger partial charge in [0.15, 0.2) is 0 Å². The van der Waals surface area contributed by atoms with E-state index in [1.54, 1.807) is 29.6 Å². The number of hydrogen-bond acceptors (Lipinski definition) is 6. The number of pyridine rings is 1. The molecule has 152 valence electrons. The first-order valence-corrected chi connectivity index (χ1v) is 9.99. The van der Waals surface area contributed by atoms with E-state index < -0.39 is 6.04 Å². The fourth-order valence-corrected chi connectivity index (χ4v) is 4.19. The Morgan fingerprint density at radius 2 is 2.20 bits per heavy atom. The monoisotopic (exact) mass is 407 g/mol. The second-order valence-electron chi connectivity index (χ2n) is 7.75. The number of nitrogens with zero attached hydrogens (tertiary/aromatic N) is 6. The van der Waals surface area contributed by atoms with Gasteiger partial charge < -0.3 is 14.3 Å². The molecule has 1 amide bonds. The van der Waals surface area contributed by atoms with Gasteiger partial charge in [0.1, 0.15) is 17.4 Å². The molecule has 0 aromatic carbocycles. The van der Waals surface area contributed by atoms with Gasteiger partial charge in [-0.2, -0.15) is 5.10 Å². The second-order valence-corrected chi connectivity index (χ2v) is 7.75. The number of aromatic amines is 1. The molecule has 1 aliphatic heterocycles. The van der Waals surface area contributed by atoms with Crippen LogP contribution in [0.4, 0.5) is 4.39 Å². The smallest absolute Gasteiger partial charge is 0.312 e. The summed E-state index contributed by atoms with van der Waals surface area (Å²) in [5.41, 5.74) is 2.49. The van der Waals surface area contributed by atoms with Crippen molar-refractivity contribution in [1.29, 1.82) is 0 Å². The minimum absolute atomic E-state index is 0.0316. The first-order chi connectivity index (χ1) is 14.7. The van der Waals surface area contributed by atoms with Gasteiger partial charge in [0.25, 0.3) is 0 Å². The number of amides is 1. The molecule has 0 bridgehead atoms. The Hall–Kier alpha value is -3.56. The Balaban J connectivity index is 1.41. The summed E-state index contributed by atoms with van der Waals surface area (Å²) >= 11 is 0. The third-order valence-electron chi connectivity index (χ3n) is 6.01. The fraction of sp³-hybridized carbons (Fsp3) is 0.350. The Labute approximate surface area is 169 Å². The summed E-state index contributed by atoms with van der Waals surface area (Å²) < 4.78 is 21.4. The maximum absolute atomic E-state index is 14.2. The van der Waals surface area contributed by atoms with E-state index in [-0.39, 0.29) is 23.5 Å². The van der Waals surface area contributed by atoms with Crippen molar-refractivity contribution in [2.45, 2.75) is 37.6 Å². The van der Waals surface area contributed by atoms with E-state index >= 15 is 0 Å². The predicted molar refractivity (Wildman–Crippen MR) is 101 cm³/mol. The number of halogens is 1. The molecule has 0 radical (unpaired) electrons. The van der Waals surface area contributed by atoms with E-state index in [1.807, 2.05) is 0 Å². The molecular formula is C20H18FN7O2. The van der Waals surface area contributed by atoms with Crippen molar-refractivity contribution in [3.8, 4) is 0 Å². The summed E-state index contributed by atoms with van der Waals surface area (Å²) in [6.45, 7) is 0.427. The van der Waals surface area contributed by atoms with E-state index in [0.717, 1.165) is 25.0 Å². The van der Waals surface area contributed by atoms with Gasteiger partial charge in [-0.15, -0.1) is 10.2 Å². The molecule has 2 aliphatic rings. The topological polar surface area (TPSA) is 105 Å². The van der Waals surface area contributed by atoms with Gasteiger partial charge >= 0.3 is 11.8 Å². The van der Waals surface area contributed by atoms with Gasteiger partial charge in [-0.1, -0.05) is 6.42 Å². The van der Waals surface area contributed by atoms with Crippen LogP contribution in [0.5, 0.6) is 0 Å². The van der Waals surface area contributed by atoms with Crippen molar-refractivity contribution < 1.29 is 13.6 Å². The van der Waals surface area contributed by atoms with Crippen LogP contribution in [0.1, 0.15) is 64.9 Å². The minimum Gasteiger partial charge on any atom is -0.417 e. The molecule has 1 fully saturated rings. The summed E-state index contributed by atoms with van der Waals surface area (Å²) in [4.78, 5) is 22.5. The van der Waals surface area contributed by atoms with E-state index in [1.165, 1.54) is 10.6 Å². The molecule has 9 nitrogen and oxygen atoms in total. The average Bonchev–Trinajstić information content (AvgIpc) is 3.44. The average molecular weight is 407 g/mol. The van der Waals surface area contributed by atoms with Crippen LogP contribution in [0.3, 0.4) is 0 Å². The molecule has 1 aliphatic carbocycles. The molecule has 4 aromatic heterocycles. The Bertz CT molecular complexity index is 1260. The Morgan fingerprint density at radius 1 is 1.30 bits per heavy atom. The number of fused-ring (bicyclic) bond motifs is 2. The maximum atomic E-state index is 14.2. The summed E-state index contributed by atoms with van der Waals surface area (Å²) in [5.74, 6) is -0.0155. The predicted octanol–water partition coefficient (Wildman–Crippen LogP) is 2.63. The van der Waals surface area contributed by atoms with Crippen LogP contribution in [-0.2, 0) is 6.42 Å². The lowest BCUT2D eigenvalue weighted by Crippen LogP contribution is -2.41. The molecule has 1 atom stereocenters. The highest BCUT2D eigenvalue weighted by Crippen LogP contribution is 2.37. The zero-order valence-corrected chi connectivity index (χ0v) is 16.0. The molecule has 1 saturated carbocycles. The Morgan fingerprint density at radius 3 is 3.00 bits per heavy atom. The molecule has 4 aromatic rings. The van der Waals surface area contributed by atoms with Gasteiger partial charge in [0, 0.05) is 30.8 Å². The lowest BCUT2D eigenvalue weighted by atomic mass is 9.85. The van der Waals surface area contributed by atoms with Gasteiger partial charge in [-0.25, -0.2) is 13.9 Å². The van der Waals surface area contributed by atoms with Crippen LogP contribution in [0.2, 0.25) is 0 Å². The van der Waals surface area contributed by atoms with E-state index in [2.05, 4.69) is 25.3 Å². The molecule has 0 saturated heterocycles. The molecule has 0 spiro atoms. The minimum atomic E-state index is -0.578. The number of H-pyrrole nitrogens is 1. The quantitative estimate of drug-likeness (QED) is 0.560. The second kappa shape index (κ2) is 6.48. The number of imidazole rings is 1. The van der Waals surface area contributed by atoms with Crippen molar-refractivity contribution in [1.82, 2.24) is 34.7 Å². The van der Waals surface area contributed by atoms with Gasteiger partial charge in [0.2, 0.25) is 5.89 Å². The van der Waals surface area contributed by atoms with Crippen LogP contribution in [0, 0.1) is 5.82 Å². The van der Waals surface area contributed by atoms with Crippen LogP contribution < -0.4 is 0 Å². The van der Waals surface area contributed by atoms with Crippen LogP contribution >= 0.6 is 0 Å². The van der Waals surface area contributed by atoms with Crippen molar-refractivity contribution >= 4 is 11.4 Å². The molecule has 30 heavy (non-hydrogen) atoms. The third-order valence-corrected chi connectivity index (χ3v) is 6.01. The van der Waals surface area contributed by atoms with Crippen molar-refractivity contribution in [2.24, 2.45) is 0 Å². The maximum Gasteiger partial charge on any atom is 0.312 e. The normalized spacial score (nSPS) is 19.1. The SMILES string of the molecule is O=C(c1nnc(C2CCC2)o1)N1CCc2[nH]cnc2C1c1cc2c(F)cccn2n1. The third kappa shape index (κ3) is 2.56. The Kier molecular flexibility index (Phi) is 3.74. The number of carbonyl (C=O) groups is 1. The van der Waals surface area contributed by atoms with Gasteiger partial charge in [-0.05, 0) is 31.0 Å². The van der Waals surface area contributed by atoms with E-state index in [4.69, 9.17) is 4.42 Å². The number of rotatable bonds is 3.